The van der Waals surface area contributed by atoms with E-state index in [1.807, 2.05) is 6.92 Å². The molecule has 98 valence electrons. The summed E-state index contributed by atoms with van der Waals surface area (Å²) in [5.74, 6) is 0.555. The Morgan fingerprint density at radius 1 is 1.39 bits per heavy atom. The number of alkyl halides is 3. The number of rotatable bonds is 2. The highest BCUT2D eigenvalue weighted by Crippen LogP contribution is 2.31. The summed E-state index contributed by atoms with van der Waals surface area (Å²) in [6, 6.07) is 5.77. The average molecular weight is 257 g/mol. The Morgan fingerprint density at radius 2 is 2.11 bits per heavy atom. The number of hydrogen-bond donors (Lipinski definition) is 2. The monoisotopic (exact) mass is 257 g/mol. The predicted molar refractivity (Wildman–Crippen MR) is 63.2 cm³/mol. The lowest BCUT2D eigenvalue weighted by Crippen LogP contribution is -2.37. The molecule has 0 bridgehead atoms. The minimum Gasteiger partial charge on any atom is -0.352 e. The van der Waals surface area contributed by atoms with Gasteiger partial charge in [0.1, 0.15) is 0 Å². The van der Waals surface area contributed by atoms with Gasteiger partial charge in [0.05, 0.1) is 12.1 Å². The van der Waals surface area contributed by atoms with E-state index >= 15 is 0 Å². The number of hydrogen-bond acceptors (Lipinski definition) is 3. The number of nitrogens with one attached hydrogen (secondary N) is 2. The maximum absolute atomic E-state index is 12.7. The normalized spacial score (nSPS) is 19.3. The van der Waals surface area contributed by atoms with Crippen LogP contribution in [-0.4, -0.2) is 18.5 Å². The van der Waals surface area contributed by atoms with Gasteiger partial charge in [-0.1, -0.05) is 18.2 Å². The zero-order valence-corrected chi connectivity index (χ0v) is 9.88. The lowest BCUT2D eigenvalue weighted by atomic mass is 10.1. The van der Waals surface area contributed by atoms with Gasteiger partial charge >= 0.3 is 6.18 Å². The van der Waals surface area contributed by atoms with Crippen molar-refractivity contribution < 1.29 is 13.2 Å². The first-order chi connectivity index (χ1) is 8.47. The topological polar surface area (TPSA) is 36.4 Å². The van der Waals surface area contributed by atoms with Gasteiger partial charge in [-0.05, 0) is 18.6 Å². The molecule has 1 aromatic carbocycles. The van der Waals surface area contributed by atoms with Gasteiger partial charge in [0, 0.05) is 12.6 Å². The molecule has 1 aromatic rings. The highest BCUT2D eigenvalue weighted by atomic mass is 19.4. The molecule has 0 amide bonds. The maximum Gasteiger partial charge on any atom is 0.416 e. The Balaban J connectivity index is 2.06. The molecule has 1 heterocycles. The van der Waals surface area contributed by atoms with Crippen molar-refractivity contribution in [1.29, 1.82) is 0 Å². The van der Waals surface area contributed by atoms with E-state index in [9.17, 15) is 13.2 Å². The van der Waals surface area contributed by atoms with Crippen LogP contribution in [0.4, 0.5) is 13.2 Å². The fourth-order valence-corrected chi connectivity index (χ4v) is 1.79. The second-order valence-corrected chi connectivity index (χ2v) is 4.24. The molecule has 1 atom stereocenters. The smallest absolute Gasteiger partial charge is 0.352 e. The second-order valence-electron chi connectivity index (χ2n) is 4.24. The largest absolute Gasteiger partial charge is 0.416 e. The van der Waals surface area contributed by atoms with E-state index in [4.69, 9.17) is 0 Å². The van der Waals surface area contributed by atoms with Crippen molar-refractivity contribution in [2.24, 2.45) is 4.99 Å². The molecule has 1 aliphatic heterocycles. The summed E-state index contributed by atoms with van der Waals surface area (Å²) in [5.41, 5.74) is -0.391. The van der Waals surface area contributed by atoms with Crippen LogP contribution >= 0.6 is 0 Å². The van der Waals surface area contributed by atoms with Gasteiger partial charge in [0.2, 0.25) is 0 Å². The lowest BCUT2D eigenvalue weighted by molar-refractivity contribution is -0.138. The van der Waals surface area contributed by atoms with Crippen LogP contribution in [-0.2, 0) is 12.7 Å². The van der Waals surface area contributed by atoms with E-state index in [2.05, 4.69) is 15.6 Å². The van der Waals surface area contributed by atoms with E-state index in [1.165, 1.54) is 12.1 Å². The van der Waals surface area contributed by atoms with Gasteiger partial charge in [-0.2, -0.15) is 13.2 Å². The zero-order chi connectivity index (χ0) is 13.2. The van der Waals surface area contributed by atoms with E-state index in [-0.39, 0.29) is 18.2 Å². The number of guanidine groups is 1. The lowest BCUT2D eigenvalue weighted by Gasteiger charge is -2.14. The minimum absolute atomic E-state index is 0.105. The molecule has 0 saturated heterocycles. The second kappa shape index (κ2) is 4.88. The molecule has 0 aromatic heterocycles. The molecule has 2 rings (SSSR count). The summed E-state index contributed by atoms with van der Waals surface area (Å²) >= 11 is 0. The quantitative estimate of drug-likeness (QED) is 0.851. The Kier molecular flexibility index (Phi) is 3.45. The van der Waals surface area contributed by atoms with E-state index in [1.54, 1.807) is 6.07 Å². The molecular formula is C12H14F3N3. The fraction of sp³-hybridized carbons (Fsp3) is 0.417. The van der Waals surface area contributed by atoms with Crippen LogP contribution in [0, 0.1) is 0 Å². The third-order valence-electron chi connectivity index (χ3n) is 2.68. The molecule has 0 aliphatic carbocycles. The third-order valence-corrected chi connectivity index (χ3v) is 2.68. The number of halogens is 3. The molecular weight excluding hydrogens is 243 g/mol. The molecule has 0 radical (unpaired) electrons. The standard InChI is InChI=1S/C12H14F3N3/c1-8-6-16-11(18-8)17-7-9-4-2-3-5-10(9)12(13,14)15/h2-5,8H,6-7H2,1H3,(H2,16,17,18). The maximum atomic E-state index is 12.7. The summed E-state index contributed by atoms with van der Waals surface area (Å²) in [5, 5.41) is 5.92. The van der Waals surface area contributed by atoms with E-state index < -0.39 is 11.7 Å². The predicted octanol–water partition coefficient (Wildman–Crippen LogP) is 2.14. The average Bonchev–Trinajstić information content (AvgIpc) is 2.72. The number of benzene rings is 1. The SMILES string of the molecule is CC1CN=C(NCc2ccccc2C(F)(F)F)N1. The Morgan fingerprint density at radius 3 is 2.72 bits per heavy atom. The summed E-state index contributed by atoms with van der Waals surface area (Å²) < 4.78 is 38.2. The number of nitrogens with zero attached hydrogens (tertiary/aromatic N) is 1. The van der Waals surface area contributed by atoms with Gasteiger partial charge in [-0.15, -0.1) is 0 Å². The Hall–Kier alpha value is -1.72. The molecule has 0 saturated carbocycles. The Labute approximate surface area is 103 Å². The fourth-order valence-electron chi connectivity index (χ4n) is 1.79. The molecule has 1 unspecified atom stereocenters. The van der Waals surface area contributed by atoms with Crippen LogP contribution in [0.3, 0.4) is 0 Å². The van der Waals surface area contributed by atoms with Gasteiger partial charge in [-0.3, -0.25) is 4.99 Å². The van der Waals surface area contributed by atoms with Crippen molar-refractivity contribution >= 4 is 5.96 Å². The summed E-state index contributed by atoms with van der Waals surface area (Å²) in [6.45, 7) is 2.71. The molecule has 0 spiro atoms. The van der Waals surface area contributed by atoms with Gasteiger partial charge in [-0.25, -0.2) is 0 Å². The summed E-state index contributed by atoms with van der Waals surface area (Å²) in [6.07, 6.45) is -4.32. The van der Waals surface area contributed by atoms with Crippen LogP contribution in [0.25, 0.3) is 0 Å². The first kappa shape index (κ1) is 12.7. The first-order valence-electron chi connectivity index (χ1n) is 5.67. The third kappa shape index (κ3) is 2.94. The van der Waals surface area contributed by atoms with Crippen LogP contribution < -0.4 is 10.6 Å². The van der Waals surface area contributed by atoms with E-state index in [0.717, 1.165) is 6.07 Å². The molecule has 1 aliphatic rings. The van der Waals surface area contributed by atoms with Crippen molar-refractivity contribution in [3.05, 3.63) is 35.4 Å². The van der Waals surface area contributed by atoms with Crippen molar-refractivity contribution in [3.8, 4) is 0 Å². The number of aliphatic imine (C=N–C) groups is 1. The van der Waals surface area contributed by atoms with Crippen LogP contribution in [0.1, 0.15) is 18.1 Å². The first-order valence-corrected chi connectivity index (χ1v) is 5.67. The molecule has 6 heteroatoms. The van der Waals surface area contributed by atoms with Gasteiger partial charge < -0.3 is 10.6 Å². The van der Waals surface area contributed by atoms with Gasteiger partial charge in [0.15, 0.2) is 5.96 Å². The zero-order valence-electron chi connectivity index (χ0n) is 9.88. The summed E-state index contributed by atoms with van der Waals surface area (Å²) in [4.78, 5) is 4.14. The summed E-state index contributed by atoms with van der Waals surface area (Å²) in [7, 11) is 0. The minimum atomic E-state index is -4.32. The molecule has 18 heavy (non-hydrogen) atoms. The van der Waals surface area contributed by atoms with Crippen LogP contribution in [0.15, 0.2) is 29.3 Å². The van der Waals surface area contributed by atoms with Crippen molar-refractivity contribution in [2.75, 3.05) is 6.54 Å². The molecule has 3 nitrogen and oxygen atoms in total. The van der Waals surface area contributed by atoms with Crippen LogP contribution in [0.2, 0.25) is 0 Å². The highest BCUT2D eigenvalue weighted by molar-refractivity contribution is 5.81. The highest BCUT2D eigenvalue weighted by Gasteiger charge is 2.32. The van der Waals surface area contributed by atoms with Crippen molar-refractivity contribution in [2.45, 2.75) is 25.7 Å². The van der Waals surface area contributed by atoms with Gasteiger partial charge in [0.25, 0.3) is 0 Å². The van der Waals surface area contributed by atoms with E-state index in [0.29, 0.717) is 12.5 Å². The molecule has 0 fully saturated rings. The van der Waals surface area contributed by atoms with Crippen molar-refractivity contribution in [1.82, 2.24) is 10.6 Å². The molecule has 2 N–H and O–H groups in total. The van der Waals surface area contributed by atoms with Crippen LogP contribution in [0.5, 0.6) is 0 Å². The Bertz CT molecular complexity index is 454. The van der Waals surface area contributed by atoms with Crippen molar-refractivity contribution in [3.63, 3.8) is 0 Å².